The van der Waals surface area contributed by atoms with E-state index >= 15 is 0 Å². The molecule has 0 spiro atoms. The standard InChI is InChI=1S/C22H18ClFN4O2S/c1-13-17(14-4-6-15(24)7-5-14)18-19(25-22(23)26-20(18)31-13)27-8-10-28(11-9-27)21(29)16-3-2-12-30-16/h2-7,12H,8-11H2,1H3. The van der Waals surface area contributed by atoms with E-state index in [0.717, 1.165) is 32.0 Å². The highest BCUT2D eigenvalue weighted by atomic mass is 35.5. The molecule has 1 aromatic carbocycles. The number of halogens is 2. The number of aromatic nitrogens is 2. The number of carbonyl (C=O) groups excluding carboxylic acids is 1. The predicted molar refractivity (Wildman–Crippen MR) is 119 cm³/mol. The van der Waals surface area contributed by atoms with E-state index in [1.807, 2.05) is 6.92 Å². The highest BCUT2D eigenvalue weighted by molar-refractivity contribution is 7.19. The van der Waals surface area contributed by atoms with Crippen LogP contribution in [0.4, 0.5) is 10.2 Å². The molecule has 1 fully saturated rings. The number of anilines is 1. The van der Waals surface area contributed by atoms with Crippen molar-refractivity contribution in [3.8, 4) is 11.1 Å². The highest BCUT2D eigenvalue weighted by Gasteiger charge is 2.27. The Morgan fingerprint density at radius 1 is 1.13 bits per heavy atom. The molecule has 1 aliphatic rings. The first kappa shape index (κ1) is 20.0. The summed E-state index contributed by atoms with van der Waals surface area (Å²) in [5.41, 5.74) is 1.89. The van der Waals surface area contributed by atoms with Crippen LogP contribution in [0.2, 0.25) is 5.28 Å². The van der Waals surface area contributed by atoms with Gasteiger partial charge in [0, 0.05) is 36.6 Å². The van der Waals surface area contributed by atoms with Crippen LogP contribution in [0.25, 0.3) is 21.3 Å². The molecule has 0 atom stereocenters. The van der Waals surface area contributed by atoms with Gasteiger partial charge in [0.2, 0.25) is 5.28 Å². The molecule has 6 nitrogen and oxygen atoms in total. The Morgan fingerprint density at radius 3 is 2.55 bits per heavy atom. The molecule has 158 valence electrons. The van der Waals surface area contributed by atoms with E-state index in [2.05, 4.69) is 14.9 Å². The summed E-state index contributed by atoms with van der Waals surface area (Å²) in [4.78, 5) is 27.3. The molecule has 0 aliphatic carbocycles. The van der Waals surface area contributed by atoms with E-state index in [1.165, 1.54) is 18.4 Å². The fraction of sp³-hybridized carbons (Fsp3) is 0.227. The van der Waals surface area contributed by atoms with Crippen LogP contribution in [0.1, 0.15) is 15.4 Å². The minimum atomic E-state index is -0.280. The average Bonchev–Trinajstić information content (AvgIpc) is 3.41. The van der Waals surface area contributed by atoms with Gasteiger partial charge in [0.15, 0.2) is 5.76 Å². The Bertz CT molecular complexity index is 1250. The van der Waals surface area contributed by atoms with E-state index < -0.39 is 0 Å². The summed E-state index contributed by atoms with van der Waals surface area (Å²) in [6.07, 6.45) is 1.50. The van der Waals surface area contributed by atoms with Crippen LogP contribution in [0.15, 0.2) is 47.1 Å². The summed E-state index contributed by atoms with van der Waals surface area (Å²) < 4.78 is 18.7. The lowest BCUT2D eigenvalue weighted by Crippen LogP contribution is -2.49. The van der Waals surface area contributed by atoms with E-state index in [9.17, 15) is 9.18 Å². The average molecular weight is 457 g/mol. The molecule has 1 amide bonds. The molecule has 0 unspecified atom stereocenters. The third kappa shape index (κ3) is 3.66. The topological polar surface area (TPSA) is 62.5 Å². The second-order valence-electron chi connectivity index (χ2n) is 7.29. The number of furan rings is 1. The maximum atomic E-state index is 13.5. The molecular formula is C22H18ClFN4O2S. The van der Waals surface area contributed by atoms with Crippen molar-refractivity contribution in [1.29, 1.82) is 0 Å². The van der Waals surface area contributed by atoms with Crippen LogP contribution in [0.5, 0.6) is 0 Å². The van der Waals surface area contributed by atoms with Gasteiger partial charge in [-0.2, -0.15) is 4.98 Å². The van der Waals surface area contributed by atoms with Gasteiger partial charge in [0.1, 0.15) is 16.5 Å². The quantitative estimate of drug-likeness (QED) is 0.405. The molecule has 9 heteroatoms. The van der Waals surface area contributed by atoms with Crippen molar-refractivity contribution in [2.75, 3.05) is 31.1 Å². The monoisotopic (exact) mass is 456 g/mol. The maximum absolute atomic E-state index is 13.5. The van der Waals surface area contributed by atoms with Gasteiger partial charge in [0.25, 0.3) is 5.91 Å². The molecule has 0 N–H and O–H groups in total. The third-order valence-corrected chi connectivity index (χ3v) is 6.58. The van der Waals surface area contributed by atoms with Gasteiger partial charge >= 0.3 is 0 Å². The van der Waals surface area contributed by atoms with Crippen molar-refractivity contribution in [3.05, 3.63) is 64.4 Å². The number of aryl methyl sites for hydroxylation is 1. The number of hydrogen-bond donors (Lipinski definition) is 0. The number of fused-ring (bicyclic) bond motifs is 1. The Hall–Kier alpha value is -2.97. The molecule has 1 aliphatic heterocycles. The molecular weight excluding hydrogens is 439 g/mol. The first-order chi connectivity index (χ1) is 15.0. The van der Waals surface area contributed by atoms with Crippen molar-refractivity contribution < 1.29 is 13.6 Å². The van der Waals surface area contributed by atoms with Crippen molar-refractivity contribution in [2.45, 2.75) is 6.92 Å². The van der Waals surface area contributed by atoms with Crippen LogP contribution in [0.3, 0.4) is 0 Å². The maximum Gasteiger partial charge on any atom is 0.289 e. The van der Waals surface area contributed by atoms with Gasteiger partial charge in [-0.3, -0.25) is 4.79 Å². The fourth-order valence-electron chi connectivity index (χ4n) is 3.94. The molecule has 0 bridgehead atoms. The lowest BCUT2D eigenvalue weighted by atomic mass is 10.0. The molecule has 31 heavy (non-hydrogen) atoms. The normalized spacial score (nSPS) is 14.4. The number of benzene rings is 1. The van der Waals surface area contributed by atoms with Crippen LogP contribution < -0.4 is 4.90 Å². The van der Waals surface area contributed by atoms with Crippen LogP contribution in [-0.2, 0) is 0 Å². The predicted octanol–water partition coefficient (Wildman–Crippen LogP) is 5.01. The smallest absolute Gasteiger partial charge is 0.289 e. The van der Waals surface area contributed by atoms with Gasteiger partial charge in [-0.25, -0.2) is 9.37 Å². The molecule has 1 saturated heterocycles. The van der Waals surface area contributed by atoms with Crippen molar-refractivity contribution in [1.82, 2.24) is 14.9 Å². The van der Waals surface area contributed by atoms with Gasteiger partial charge in [-0.1, -0.05) is 12.1 Å². The molecule has 0 radical (unpaired) electrons. The number of hydrogen-bond acceptors (Lipinski definition) is 6. The summed E-state index contributed by atoms with van der Waals surface area (Å²) >= 11 is 7.79. The summed E-state index contributed by atoms with van der Waals surface area (Å²) in [7, 11) is 0. The number of thiophene rings is 1. The number of rotatable bonds is 3. The van der Waals surface area contributed by atoms with Crippen LogP contribution >= 0.6 is 22.9 Å². The number of piperazine rings is 1. The summed E-state index contributed by atoms with van der Waals surface area (Å²) in [5.74, 6) is 0.684. The molecule has 3 aromatic heterocycles. The molecule has 0 saturated carbocycles. The molecule has 4 heterocycles. The summed E-state index contributed by atoms with van der Waals surface area (Å²) in [6, 6.07) is 9.82. The van der Waals surface area contributed by atoms with Crippen molar-refractivity contribution in [2.24, 2.45) is 0 Å². The number of carbonyl (C=O) groups is 1. The minimum Gasteiger partial charge on any atom is -0.459 e. The SMILES string of the molecule is Cc1sc2nc(Cl)nc(N3CCN(C(=O)c4ccco4)CC3)c2c1-c1ccc(F)cc1. The fourth-order valence-corrected chi connectivity index (χ4v) is 5.19. The number of amides is 1. The van der Waals surface area contributed by atoms with Gasteiger partial charge in [-0.15, -0.1) is 11.3 Å². The Labute approximate surface area is 186 Å². The lowest BCUT2D eigenvalue weighted by Gasteiger charge is -2.35. The third-order valence-electron chi connectivity index (χ3n) is 5.41. The van der Waals surface area contributed by atoms with Crippen LogP contribution in [0, 0.1) is 12.7 Å². The largest absolute Gasteiger partial charge is 0.459 e. The Morgan fingerprint density at radius 2 is 1.87 bits per heavy atom. The molecule has 5 rings (SSSR count). The second-order valence-corrected chi connectivity index (χ2v) is 8.83. The molecule has 4 aromatic rings. The van der Waals surface area contributed by atoms with E-state index in [4.69, 9.17) is 16.0 Å². The van der Waals surface area contributed by atoms with Crippen LogP contribution in [-0.4, -0.2) is 47.0 Å². The Kier molecular flexibility index (Phi) is 5.11. The van der Waals surface area contributed by atoms with Crippen molar-refractivity contribution in [3.63, 3.8) is 0 Å². The Balaban J connectivity index is 1.50. The lowest BCUT2D eigenvalue weighted by molar-refractivity contribution is 0.0714. The van der Waals surface area contributed by atoms with Crippen molar-refractivity contribution >= 4 is 44.9 Å². The van der Waals surface area contributed by atoms with E-state index in [1.54, 1.807) is 40.5 Å². The zero-order valence-corrected chi connectivity index (χ0v) is 18.2. The van der Waals surface area contributed by atoms with Gasteiger partial charge in [-0.05, 0) is 48.4 Å². The van der Waals surface area contributed by atoms with E-state index in [-0.39, 0.29) is 17.0 Å². The van der Waals surface area contributed by atoms with Gasteiger partial charge in [0.05, 0.1) is 11.6 Å². The zero-order valence-electron chi connectivity index (χ0n) is 16.6. The van der Waals surface area contributed by atoms with E-state index in [0.29, 0.717) is 31.9 Å². The number of nitrogens with zero attached hydrogens (tertiary/aromatic N) is 4. The zero-order chi connectivity index (χ0) is 21.5. The highest BCUT2D eigenvalue weighted by Crippen LogP contribution is 2.42. The summed E-state index contributed by atoms with van der Waals surface area (Å²) in [5, 5.41) is 1.09. The minimum absolute atomic E-state index is 0.117. The first-order valence-corrected chi connectivity index (χ1v) is 11.0. The second kappa shape index (κ2) is 7.94. The van der Waals surface area contributed by atoms with Gasteiger partial charge < -0.3 is 14.2 Å². The summed E-state index contributed by atoms with van der Waals surface area (Å²) in [6.45, 7) is 4.30. The first-order valence-electron chi connectivity index (χ1n) is 9.81.